The molecule has 2 aromatic rings. The van der Waals surface area contributed by atoms with Crippen molar-refractivity contribution in [2.45, 2.75) is 18.6 Å². The van der Waals surface area contributed by atoms with Crippen molar-refractivity contribution >= 4 is 0 Å². The zero-order valence-electron chi connectivity index (χ0n) is 10.9. The third kappa shape index (κ3) is 1.57. The third-order valence-electron chi connectivity index (χ3n) is 4.37. The van der Waals surface area contributed by atoms with Crippen molar-refractivity contribution in [1.29, 1.82) is 0 Å². The van der Waals surface area contributed by atoms with Crippen LogP contribution in [-0.2, 0) is 4.74 Å². The highest BCUT2D eigenvalue weighted by Crippen LogP contribution is 2.46. The number of aromatic nitrogens is 2. The van der Waals surface area contributed by atoms with Crippen molar-refractivity contribution in [2.24, 2.45) is 5.92 Å². The fourth-order valence-corrected chi connectivity index (χ4v) is 3.46. The number of rotatable bonds is 1. The van der Waals surface area contributed by atoms with Crippen molar-refractivity contribution in [3.05, 3.63) is 42.1 Å². The number of benzene rings is 1. The molecule has 0 spiro atoms. The molecule has 1 saturated heterocycles. The number of aliphatic hydroxyl groups is 1. The van der Waals surface area contributed by atoms with E-state index in [2.05, 4.69) is 4.98 Å². The first kappa shape index (κ1) is 12.1. The van der Waals surface area contributed by atoms with Crippen LogP contribution in [0.4, 0.5) is 4.39 Å². The van der Waals surface area contributed by atoms with Crippen LogP contribution in [0.15, 0.2) is 30.7 Å². The van der Waals surface area contributed by atoms with Crippen LogP contribution >= 0.6 is 0 Å². The average Bonchev–Trinajstić information content (AvgIpc) is 3.01. The van der Waals surface area contributed by atoms with Gasteiger partial charge >= 0.3 is 0 Å². The first-order chi connectivity index (χ1) is 9.77. The number of hydrogen-bond acceptors (Lipinski definition) is 3. The summed E-state index contributed by atoms with van der Waals surface area (Å²) in [5.41, 5.74) is 2.48. The normalized spacial score (nSPS) is 28.2. The number of nitrogens with zero attached hydrogens (tertiary/aromatic N) is 2. The van der Waals surface area contributed by atoms with Crippen LogP contribution < -0.4 is 0 Å². The summed E-state index contributed by atoms with van der Waals surface area (Å²) < 4.78 is 21.6. The third-order valence-corrected chi connectivity index (χ3v) is 4.37. The van der Waals surface area contributed by atoms with E-state index in [0.717, 1.165) is 17.7 Å². The monoisotopic (exact) mass is 274 g/mol. The minimum atomic E-state index is -0.574. The zero-order chi connectivity index (χ0) is 13.7. The molecule has 2 aliphatic heterocycles. The summed E-state index contributed by atoms with van der Waals surface area (Å²) >= 11 is 0. The Hall–Kier alpha value is -1.72. The highest BCUT2D eigenvalue weighted by atomic mass is 19.1. The first-order valence-corrected chi connectivity index (χ1v) is 6.84. The van der Waals surface area contributed by atoms with Crippen molar-refractivity contribution in [3.8, 4) is 11.3 Å². The molecule has 2 aliphatic rings. The summed E-state index contributed by atoms with van der Waals surface area (Å²) in [6, 6.07) is 4.92. The second-order valence-corrected chi connectivity index (χ2v) is 5.43. The molecule has 0 saturated carbocycles. The van der Waals surface area contributed by atoms with Gasteiger partial charge in [0.1, 0.15) is 5.82 Å². The Bertz CT molecular complexity index is 655. The van der Waals surface area contributed by atoms with Gasteiger partial charge in [0.2, 0.25) is 0 Å². The van der Waals surface area contributed by atoms with Gasteiger partial charge < -0.3 is 14.4 Å². The van der Waals surface area contributed by atoms with Gasteiger partial charge in [0.25, 0.3) is 0 Å². The Morgan fingerprint density at radius 3 is 3.15 bits per heavy atom. The summed E-state index contributed by atoms with van der Waals surface area (Å²) in [7, 11) is 0. The standard InChI is InChI=1S/C15H15FN2O2/c16-11-3-1-2-9-12-6-17-8-18(12)15(14(9)11)10-4-5-20-7-13(10)19/h1-3,6,8,10,13,15,19H,4-5,7H2. The predicted molar refractivity (Wildman–Crippen MR) is 70.7 cm³/mol. The Morgan fingerprint density at radius 1 is 1.40 bits per heavy atom. The van der Waals surface area contributed by atoms with Gasteiger partial charge in [0.15, 0.2) is 0 Å². The maximum atomic E-state index is 14.3. The molecule has 0 aliphatic carbocycles. The quantitative estimate of drug-likeness (QED) is 0.865. The zero-order valence-corrected chi connectivity index (χ0v) is 10.9. The van der Waals surface area contributed by atoms with E-state index in [1.54, 1.807) is 18.6 Å². The van der Waals surface area contributed by atoms with Crippen LogP contribution in [0.1, 0.15) is 18.0 Å². The van der Waals surface area contributed by atoms with Gasteiger partial charge in [-0.15, -0.1) is 0 Å². The van der Waals surface area contributed by atoms with Gasteiger partial charge in [-0.1, -0.05) is 12.1 Å². The van der Waals surface area contributed by atoms with E-state index in [1.807, 2.05) is 10.6 Å². The number of aliphatic hydroxyl groups excluding tert-OH is 1. The summed E-state index contributed by atoms with van der Waals surface area (Å²) in [6.45, 7) is 0.918. The lowest BCUT2D eigenvalue weighted by Gasteiger charge is -2.33. The second kappa shape index (κ2) is 4.40. The molecule has 1 aromatic carbocycles. The van der Waals surface area contributed by atoms with E-state index in [-0.39, 0.29) is 17.8 Å². The SMILES string of the molecule is OC1COCCC1C1c2c(F)cccc2-c2cncn21. The largest absolute Gasteiger partial charge is 0.390 e. The predicted octanol–water partition coefficient (Wildman–Crippen LogP) is 1.99. The molecule has 5 heteroatoms. The Kier molecular flexibility index (Phi) is 2.65. The fourth-order valence-electron chi connectivity index (χ4n) is 3.46. The summed E-state index contributed by atoms with van der Waals surface area (Å²) in [4.78, 5) is 4.17. The lowest BCUT2D eigenvalue weighted by molar-refractivity contribution is -0.0543. The molecule has 4 nitrogen and oxygen atoms in total. The Balaban J connectivity index is 1.88. The van der Waals surface area contributed by atoms with Crippen LogP contribution in [-0.4, -0.2) is 34.0 Å². The van der Waals surface area contributed by atoms with Crippen LogP contribution in [0.2, 0.25) is 0 Å². The molecule has 104 valence electrons. The molecule has 3 heterocycles. The number of fused-ring (bicyclic) bond motifs is 3. The lowest BCUT2D eigenvalue weighted by atomic mass is 9.85. The Labute approximate surface area is 115 Å². The van der Waals surface area contributed by atoms with E-state index < -0.39 is 6.10 Å². The molecule has 0 amide bonds. The van der Waals surface area contributed by atoms with Gasteiger partial charge in [-0.2, -0.15) is 0 Å². The van der Waals surface area contributed by atoms with Gasteiger partial charge in [-0.25, -0.2) is 9.37 Å². The van der Waals surface area contributed by atoms with E-state index in [4.69, 9.17) is 4.74 Å². The van der Waals surface area contributed by atoms with E-state index in [9.17, 15) is 9.50 Å². The van der Waals surface area contributed by atoms with Crippen molar-refractivity contribution in [1.82, 2.24) is 9.55 Å². The molecular formula is C15H15FN2O2. The fraction of sp³-hybridized carbons (Fsp3) is 0.400. The number of imidazole rings is 1. The highest BCUT2D eigenvalue weighted by Gasteiger charge is 2.40. The van der Waals surface area contributed by atoms with Crippen molar-refractivity contribution < 1.29 is 14.2 Å². The van der Waals surface area contributed by atoms with Gasteiger partial charge in [0, 0.05) is 23.7 Å². The molecule has 3 unspecified atom stereocenters. The molecule has 0 bridgehead atoms. The second-order valence-electron chi connectivity index (χ2n) is 5.43. The number of hydrogen-bond donors (Lipinski definition) is 1. The molecule has 1 fully saturated rings. The van der Waals surface area contributed by atoms with Crippen LogP contribution in [0.3, 0.4) is 0 Å². The van der Waals surface area contributed by atoms with E-state index in [1.165, 1.54) is 6.07 Å². The molecule has 3 atom stereocenters. The van der Waals surface area contributed by atoms with Gasteiger partial charge in [-0.3, -0.25) is 0 Å². The van der Waals surface area contributed by atoms with E-state index >= 15 is 0 Å². The summed E-state index contributed by atoms with van der Waals surface area (Å²) in [5.74, 6) is -0.259. The maximum Gasteiger partial charge on any atom is 0.129 e. The smallest absolute Gasteiger partial charge is 0.129 e. The molecule has 1 N–H and O–H groups in total. The van der Waals surface area contributed by atoms with Gasteiger partial charge in [0.05, 0.1) is 37.0 Å². The molecule has 0 radical (unpaired) electrons. The topological polar surface area (TPSA) is 47.3 Å². The van der Waals surface area contributed by atoms with Gasteiger partial charge in [-0.05, 0) is 12.5 Å². The highest BCUT2D eigenvalue weighted by molar-refractivity contribution is 5.69. The van der Waals surface area contributed by atoms with Crippen molar-refractivity contribution in [2.75, 3.05) is 13.2 Å². The lowest BCUT2D eigenvalue weighted by Crippen LogP contribution is -2.37. The molecule has 1 aromatic heterocycles. The van der Waals surface area contributed by atoms with E-state index in [0.29, 0.717) is 18.8 Å². The number of ether oxygens (including phenoxy) is 1. The first-order valence-electron chi connectivity index (χ1n) is 6.84. The van der Waals surface area contributed by atoms with Crippen molar-refractivity contribution in [3.63, 3.8) is 0 Å². The van der Waals surface area contributed by atoms with Crippen LogP contribution in [0, 0.1) is 11.7 Å². The summed E-state index contributed by atoms with van der Waals surface area (Å²) in [5, 5.41) is 10.2. The maximum absolute atomic E-state index is 14.3. The van der Waals surface area contributed by atoms with Crippen LogP contribution in [0.25, 0.3) is 11.3 Å². The van der Waals surface area contributed by atoms with Crippen LogP contribution in [0.5, 0.6) is 0 Å². The number of halogens is 1. The Morgan fingerprint density at radius 2 is 2.30 bits per heavy atom. The molecular weight excluding hydrogens is 259 g/mol. The molecule has 4 rings (SSSR count). The average molecular weight is 274 g/mol. The minimum Gasteiger partial charge on any atom is -0.390 e. The molecule has 20 heavy (non-hydrogen) atoms. The summed E-state index contributed by atoms with van der Waals surface area (Å²) in [6.07, 6.45) is 3.62. The minimum absolute atomic E-state index is 0.0464.